The molecule has 0 spiro atoms. The van der Waals surface area contributed by atoms with Crippen molar-refractivity contribution in [1.82, 2.24) is 0 Å². The molecule has 0 atom stereocenters. The fraction of sp³-hybridized carbons (Fsp3) is 0.474. The first-order valence-corrected chi connectivity index (χ1v) is 9.92. The van der Waals surface area contributed by atoms with E-state index >= 15 is 0 Å². The second-order valence-corrected chi connectivity index (χ2v) is 6.93. The average molecular weight is 414 g/mol. The maximum Gasteiger partial charge on any atom is 0.340 e. The number of rotatable bonds is 14. The van der Waals surface area contributed by atoms with E-state index in [1.807, 2.05) is 0 Å². The third-order valence-corrected chi connectivity index (χ3v) is 4.46. The number of hydrogen-bond donors (Lipinski definition) is 0. The Hall–Kier alpha value is -2.10. The summed E-state index contributed by atoms with van der Waals surface area (Å²) in [6, 6.07) is 4.22. The predicted molar refractivity (Wildman–Crippen MR) is 104 cm³/mol. The van der Waals surface area contributed by atoms with Gasteiger partial charge in [-0.3, -0.25) is 4.79 Å². The van der Waals surface area contributed by atoms with Crippen molar-refractivity contribution in [2.45, 2.75) is 6.92 Å². The maximum absolute atomic E-state index is 14.0. The highest BCUT2D eigenvalue weighted by molar-refractivity contribution is 7.99. The highest BCUT2D eigenvalue weighted by atomic mass is 32.2. The molecule has 154 valence electrons. The van der Waals surface area contributed by atoms with Gasteiger partial charge in [-0.25, -0.2) is 9.18 Å². The molecule has 0 aliphatic heterocycles. The fourth-order valence-electron chi connectivity index (χ4n) is 2.36. The molecule has 0 amide bonds. The van der Waals surface area contributed by atoms with Crippen LogP contribution in [0.25, 0.3) is 11.0 Å². The predicted octanol–water partition coefficient (Wildman–Crippen LogP) is 2.56. The Morgan fingerprint density at radius 1 is 1.04 bits per heavy atom. The van der Waals surface area contributed by atoms with Gasteiger partial charge < -0.3 is 23.4 Å². The SMILES string of the molecule is Cc1cc(F)c2oc(=O)cc(OCCOCCSCCOCCOC=O)c2c1. The van der Waals surface area contributed by atoms with Crippen LogP contribution >= 0.6 is 11.8 Å². The molecule has 0 fully saturated rings. The van der Waals surface area contributed by atoms with E-state index in [9.17, 15) is 14.0 Å². The maximum atomic E-state index is 14.0. The minimum absolute atomic E-state index is 0.106. The van der Waals surface area contributed by atoms with Crippen LogP contribution in [0.15, 0.2) is 27.4 Å². The quantitative estimate of drug-likeness (QED) is 0.265. The fourth-order valence-corrected chi connectivity index (χ4v) is 3.03. The zero-order chi connectivity index (χ0) is 20.2. The molecular weight excluding hydrogens is 391 g/mol. The molecule has 0 aliphatic carbocycles. The third kappa shape index (κ3) is 7.49. The van der Waals surface area contributed by atoms with Gasteiger partial charge in [0.15, 0.2) is 11.4 Å². The van der Waals surface area contributed by atoms with Crippen LogP contribution in [0.3, 0.4) is 0 Å². The molecule has 0 saturated carbocycles. The number of fused-ring (bicyclic) bond motifs is 1. The summed E-state index contributed by atoms with van der Waals surface area (Å²) in [5, 5.41) is 0.422. The Labute approximate surface area is 166 Å². The van der Waals surface area contributed by atoms with Crippen LogP contribution < -0.4 is 10.4 Å². The number of ether oxygens (including phenoxy) is 4. The summed E-state index contributed by atoms with van der Waals surface area (Å²) in [6.07, 6.45) is 0. The van der Waals surface area contributed by atoms with Gasteiger partial charge in [0.2, 0.25) is 0 Å². The first-order valence-electron chi connectivity index (χ1n) is 8.77. The first kappa shape index (κ1) is 22.2. The van der Waals surface area contributed by atoms with Gasteiger partial charge in [-0.1, -0.05) is 0 Å². The van der Waals surface area contributed by atoms with Crippen LogP contribution in [0.5, 0.6) is 5.75 Å². The molecule has 2 rings (SSSR count). The Bertz CT molecular complexity index is 809. The third-order valence-electron chi connectivity index (χ3n) is 3.55. The van der Waals surface area contributed by atoms with Crippen molar-refractivity contribution in [2.75, 3.05) is 51.1 Å². The molecule has 2 aromatic rings. The Kier molecular flexibility index (Phi) is 9.81. The molecule has 0 N–H and O–H groups in total. The van der Waals surface area contributed by atoms with Gasteiger partial charge >= 0.3 is 5.63 Å². The van der Waals surface area contributed by atoms with E-state index in [-0.39, 0.29) is 24.5 Å². The van der Waals surface area contributed by atoms with Crippen molar-refractivity contribution >= 4 is 29.2 Å². The molecule has 0 unspecified atom stereocenters. The standard InChI is InChI=1S/C19H23FO7S/c1-14-10-15-17(12-18(22)27-19(15)16(20)11-14)26-5-4-24-7-9-28-8-6-23-2-3-25-13-21/h10-13H,2-9H2,1H3. The van der Waals surface area contributed by atoms with E-state index < -0.39 is 11.4 Å². The van der Waals surface area contributed by atoms with Crippen LogP contribution in [0.2, 0.25) is 0 Å². The van der Waals surface area contributed by atoms with E-state index in [1.165, 1.54) is 12.1 Å². The molecule has 0 aliphatic rings. The van der Waals surface area contributed by atoms with Crippen LogP contribution in [-0.4, -0.2) is 57.6 Å². The largest absolute Gasteiger partial charge is 0.490 e. The molecule has 1 heterocycles. The molecule has 0 bridgehead atoms. The lowest BCUT2D eigenvalue weighted by Gasteiger charge is -2.10. The number of thioether (sulfide) groups is 1. The highest BCUT2D eigenvalue weighted by Crippen LogP contribution is 2.27. The van der Waals surface area contributed by atoms with Crippen LogP contribution in [0.1, 0.15) is 5.56 Å². The summed E-state index contributed by atoms with van der Waals surface area (Å²) < 4.78 is 39.7. The second kappa shape index (κ2) is 12.4. The van der Waals surface area contributed by atoms with E-state index in [4.69, 9.17) is 18.6 Å². The summed E-state index contributed by atoms with van der Waals surface area (Å²) in [5.41, 5.74) is -0.0647. The Balaban J connectivity index is 1.63. The Morgan fingerprint density at radius 2 is 1.75 bits per heavy atom. The van der Waals surface area contributed by atoms with Crippen molar-refractivity contribution in [3.63, 3.8) is 0 Å². The average Bonchev–Trinajstić information content (AvgIpc) is 2.66. The van der Waals surface area contributed by atoms with Crippen molar-refractivity contribution in [3.05, 3.63) is 40.0 Å². The normalized spacial score (nSPS) is 10.9. The molecule has 9 heteroatoms. The minimum atomic E-state index is -0.664. The van der Waals surface area contributed by atoms with Gasteiger partial charge in [0.1, 0.15) is 19.0 Å². The smallest absolute Gasteiger partial charge is 0.340 e. The number of carbonyl (C=O) groups is 1. The molecular formula is C19H23FO7S. The van der Waals surface area contributed by atoms with E-state index in [1.54, 1.807) is 24.8 Å². The number of carbonyl (C=O) groups excluding carboxylic acids is 1. The van der Waals surface area contributed by atoms with Gasteiger partial charge in [0, 0.05) is 11.5 Å². The molecule has 28 heavy (non-hydrogen) atoms. The number of hydrogen-bond acceptors (Lipinski definition) is 8. The van der Waals surface area contributed by atoms with E-state index in [0.29, 0.717) is 43.8 Å². The molecule has 1 aromatic heterocycles. The van der Waals surface area contributed by atoms with Crippen molar-refractivity contribution in [2.24, 2.45) is 0 Å². The van der Waals surface area contributed by atoms with Crippen molar-refractivity contribution in [1.29, 1.82) is 0 Å². The van der Waals surface area contributed by atoms with Gasteiger partial charge in [-0.2, -0.15) is 11.8 Å². The summed E-state index contributed by atoms with van der Waals surface area (Å²) in [4.78, 5) is 21.5. The lowest BCUT2D eigenvalue weighted by atomic mass is 10.1. The molecule has 1 aromatic carbocycles. The minimum Gasteiger partial charge on any atom is -0.490 e. The van der Waals surface area contributed by atoms with E-state index in [2.05, 4.69) is 4.74 Å². The summed E-state index contributed by atoms with van der Waals surface area (Å²) in [7, 11) is 0. The topological polar surface area (TPSA) is 84.2 Å². The van der Waals surface area contributed by atoms with Gasteiger partial charge in [-0.15, -0.1) is 0 Å². The van der Waals surface area contributed by atoms with Crippen LogP contribution in [-0.2, 0) is 19.0 Å². The second-order valence-electron chi connectivity index (χ2n) is 5.71. The number of halogens is 1. The molecule has 7 nitrogen and oxygen atoms in total. The summed E-state index contributed by atoms with van der Waals surface area (Å²) in [5.74, 6) is 1.31. The van der Waals surface area contributed by atoms with Crippen LogP contribution in [0, 0.1) is 12.7 Å². The lowest BCUT2D eigenvalue weighted by Crippen LogP contribution is -2.11. The summed E-state index contributed by atoms with van der Waals surface area (Å²) in [6.45, 7) is 4.51. The van der Waals surface area contributed by atoms with Gasteiger partial charge in [0.25, 0.3) is 6.47 Å². The van der Waals surface area contributed by atoms with Gasteiger partial charge in [0.05, 0.1) is 37.9 Å². The van der Waals surface area contributed by atoms with E-state index in [0.717, 1.165) is 11.5 Å². The molecule has 0 saturated heterocycles. The van der Waals surface area contributed by atoms with Crippen LogP contribution in [0.4, 0.5) is 4.39 Å². The van der Waals surface area contributed by atoms with Crippen molar-refractivity contribution in [3.8, 4) is 5.75 Å². The monoisotopic (exact) mass is 414 g/mol. The summed E-state index contributed by atoms with van der Waals surface area (Å²) >= 11 is 1.68. The number of benzene rings is 1. The zero-order valence-electron chi connectivity index (χ0n) is 15.6. The Morgan fingerprint density at radius 3 is 2.46 bits per heavy atom. The van der Waals surface area contributed by atoms with Crippen molar-refractivity contribution < 1.29 is 32.5 Å². The number of aryl methyl sites for hydroxylation is 1. The van der Waals surface area contributed by atoms with Gasteiger partial charge in [-0.05, 0) is 24.6 Å². The highest BCUT2D eigenvalue weighted by Gasteiger charge is 2.12. The molecule has 0 radical (unpaired) electrons. The lowest BCUT2D eigenvalue weighted by molar-refractivity contribution is -0.130. The zero-order valence-corrected chi connectivity index (χ0v) is 16.4. The first-order chi connectivity index (χ1) is 13.6.